The first-order valence-electron chi connectivity index (χ1n) is 7.23. The molecule has 0 atom stereocenters. The molecule has 0 bridgehead atoms. The van der Waals surface area contributed by atoms with Gasteiger partial charge in [0.2, 0.25) is 5.91 Å². The summed E-state index contributed by atoms with van der Waals surface area (Å²) in [6.45, 7) is 7.33. The summed E-state index contributed by atoms with van der Waals surface area (Å²) in [6, 6.07) is 0. The molecule has 5 heteroatoms. The van der Waals surface area contributed by atoms with Gasteiger partial charge in [0.25, 0.3) is 0 Å². The lowest BCUT2D eigenvalue weighted by molar-refractivity contribution is -0.123. The second kappa shape index (κ2) is 8.51. The van der Waals surface area contributed by atoms with E-state index in [1.54, 1.807) is 0 Å². The number of rotatable bonds is 8. The predicted molar refractivity (Wildman–Crippen MR) is 75.0 cm³/mol. The minimum absolute atomic E-state index is 0.0277. The highest BCUT2D eigenvalue weighted by Crippen LogP contribution is 2.17. The normalized spacial score (nSPS) is 17.4. The van der Waals surface area contributed by atoms with Gasteiger partial charge in [-0.2, -0.15) is 0 Å². The fourth-order valence-corrected chi connectivity index (χ4v) is 2.10. The molecule has 1 fully saturated rings. The van der Waals surface area contributed by atoms with Crippen LogP contribution in [0, 0.1) is 5.41 Å². The van der Waals surface area contributed by atoms with Crippen LogP contribution >= 0.6 is 0 Å². The van der Waals surface area contributed by atoms with Crippen molar-refractivity contribution < 1.29 is 14.6 Å². The van der Waals surface area contributed by atoms with Gasteiger partial charge in [0, 0.05) is 19.6 Å². The standard InChI is InChI=1S/C14H28N2O3/c1-14(2,6-9-17)11-16-13(18)5-10-19-12-3-7-15-8-4-12/h12,15,17H,3-11H2,1-2H3,(H,16,18). The van der Waals surface area contributed by atoms with Gasteiger partial charge in [-0.1, -0.05) is 13.8 Å². The molecule has 0 saturated carbocycles. The predicted octanol–water partition coefficient (Wildman–Crippen LogP) is 0.670. The second-order valence-corrected chi connectivity index (χ2v) is 5.98. The van der Waals surface area contributed by atoms with Crippen LogP contribution in [0.3, 0.4) is 0 Å². The number of ether oxygens (including phenoxy) is 1. The molecule has 1 rings (SSSR count). The van der Waals surface area contributed by atoms with Crippen molar-refractivity contribution in [2.45, 2.75) is 45.6 Å². The number of carbonyl (C=O) groups is 1. The van der Waals surface area contributed by atoms with Crippen molar-refractivity contribution in [3.8, 4) is 0 Å². The van der Waals surface area contributed by atoms with Crippen molar-refractivity contribution in [1.29, 1.82) is 0 Å². The van der Waals surface area contributed by atoms with Gasteiger partial charge in [0.15, 0.2) is 0 Å². The zero-order valence-corrected chi connectivity index (χ0v) is 12.2. The second-order valence-electron chi connectivity index (χ2n) is 5.98. The van der Waals surface area contributed by atoms with Gasteiger partial charge in [-0.15, -0.1) is 0 Å². The molecule has 0 radical (unpaired) electrons. The maximum atomic E-state index is 11.7. The number of nitrogens with one attached hydrogen (secondary N) is 2. The summed E-state index contributed by atoms with van der Waals surface area (Å²) in [4.78, 5) is 11.7. The number of hydrogen-bond donors (Lipinski definition) is 3. The van der Waals surface area contributed by atoms with Gasteiger partial charge < -0.3 is 20.5 Å². The van der Waals surface area contributed by atoms with Crippen molar-refractivity contribution in [3.05, 3.63) is 0 Å². The lowest BCUT2D eigenvalue weighted by Crippen LogP contribution is -2.36. The fraction of sp³-hybridized carbons (Fsp3) is 0.929. The smallest absolute Gasteiger partial charge is 0.222 e. The Morgan fingerprint density at radius 1 is 1.42 bits per heavy atom. The SMILES string of the molecule is CC(C)(CCO)CNC(=O)CCOC1CCNCC1. The van der Waals surface area contributed by atoms with Gasteiger partial charge in [-0.3, -0.25) is 4.79 Å². The summed E-state index contributed by atoms with van der Waals surface area (Å²) in [5.74, 6) is 0.0277. The summed E-state index contributed by atoms with van der Waals surface area (Å²) in [6.07, 6.45) is 3.48. The molecule has 1 aliphatic rings. The Hall–Kier alpha value is -0.650. The molecule has 112 valence electrons. The molecule has 0 aromatic heterocycles. The molecule has 0 aromatic rings. The first-order chi connectivity index (χ1) is 9.03. The van der Waals surface area contributed by atoms with Crippen LogP contribution in [0.5, 0.6) is 0 Å². The first-order valence-corrected chi connectivity index (χ1v) is 7.23. The quantitative estimate of drug-likeness (QED) is 0.607. The molecule has 0 aromatic carbocycles. The van der Waals surface area contributed by atoms with E-state index in [9.17, 15) is 4.79 Å². The highest BCUT2D eigenvalue weighted by molar-refractivity contribution is 5.75. The largest absolute Gasteiger partial charge is 0.396 e. The Kier molecular flexibility index (Phi) is 7.34. The summed E-state index contributed by atoms with van der Waals surface area (Å²) in [5, 5.41) is 15.1. The molecule has 0 unspecified atom stereocenters. The number of piperidine rings is 1. The third kappa shape index (κ3) is 7.50. The fourth-order valence-electron chi connectivity index (χ4n) is 2.10. The molecule has 1 amide bonds. The van der Waals surface area contributed by atoms with Crippen molar-refractivity contribution >= 4 is 5.91 Å². The molecule has 19 heavy (non-hydrogen) atoms. The number of aliphatic hydroxyl groups excluding tert-OH is 1. The van der Waals surface area contributed by atoms with Crippen LogP contribution in [0.15, 0.2) is 0 Å². The summed E-state index contributed by atoms with van der Waals surface area (Å²) in [7, 11) is 0. The van der Waals surface area contributed by atoms with E-state index in [1.165, 1.54) is 0 Å². The number of aliphatic hydroxyl groups is 1. The van der Waals surface area contributed by atoms with Gasteiger partial charge in [0.05, 0.1) is 12.7 Å². The Morgan fingerprint density at radius 2 is 2.11 bits per heavy atom. The average Bonchev–Trinajstić information content (AvgIpc) is 2.38. The van der Waals surface area contributed by atoms with E-state index in [4.69, 9.17) is 9.84 Å². The highest BCUT2D eigenvalue weighted by Gasteiger charge is 2.18. The van der Waals surface area contributed by atoms with E-state index in [1.807, 2.05) is 13.8 Å². The Morgan fingerprint density at radius 3 is 2.74 bits per heavy atom. The van der Waals surface area contributed by atoms with Gasteiger partial charge >= 0.3 is 0 Å². The van der Waals surface area contributed by atoms with E-state index < -0.39 is 0 Å². The maximum Gasteiger partial charge on any atom is 0.222 e. The molecule has 3 N–H and O–H groups in total. The summed E-state index contributed by atoms with van der Waals surface area (Å²) in [5.41, 5.74) is -0.0553. The van der Waals surface area contributed by atoms with Crippen LogP contribution in [0.2, 0.25) is 0 Å². The van der Waals surface area contributed by atoms with E-state index in [-0.39, 0.29) is 17.9 Å². The lowest BCUT2D eigenvalue weighted by atomic mass is 9.90. The van der Waals surface area contributed by atoms with Crippen LogP contribution in [0.25, 0.3) is 0 Å². The Bertz CT molecular complexity index is 263. The van der Waals surface area contributed by atoms with Crippen molar-refractivity contribution in [2.75, 3.05) is 32.8 Å². The Balaban J connectivity index is 2.07. The third-order valence-corrected chi connectivity index (χ3v) is 3.52. The van der Waals surface area contributed by atoms with E-state index >= 15 is 0 Å². The first kappa shape index (κ1) is 16.4. The summed E-state index contributed by atoms with van der Waals surface area (Å²) >= 11 is 0. The molecule has 5 nitrogen and oxygen atoms in total. The van der Waals surface area contributed by atoms with Crippen LogP contribution in [0.4, 0.5) is 0 Å². The van der Waals surface area contributed by atoms with Gasteiger partial charge in [0.1, 0.15) is 0 Å². The van der Waals surface area contributed by atoms with Crippen LogP contribution in [0.1, 0.15) is 39.5 Å². The van der Waals surface area contributed by atoms with E-state index in [0.717, 1.165) is 25.9 Å². The van der Waals surface area contributed by atoms with Crippen molar-refractivity contribution in [3.63, 3.8) is 0 Å². The number of amides is 1. The maximum absolute atomic E-state index is 11.7. The molecule has 0 aliphatic carbocycles. The van der Waals surface area contributed by atoms with Crippen LogP contribution in [-0.2, 0) is 9.53 Å². The third-order valence-electron chi connectivity index (χ3n) is 3.52. The average molecular weight is 272 g/mol. The molecule has 1 aliphatic heterocycles. The van der Waals surface area contributed by atoms with Crippen LogP contribution < -0.4 is 10.6 Å². The number of hydrogen-bond acceptors (Lipinski definition) is 4. The monoisotopic (exact) mass is 272 g/mol. The van der Waals surface area contributed by atoms with Crippen LogP contribution in [-0.4, -0.2) is 50.0 Å². The zero-order chi connectivity index (χ0) is 14.1. The molecular formula is C14H28N2O3. The van der Waals surface area contributed by atoms with Gasteiger partial charge in [-0.05, 0) is 37.8 Å². The molecule has 1 saturated heterocycles. The molecule has 0 spiro atoms. The highest BCUT2D eigenvalue weighted by atomic mass is 16.5. The lowest BCUT2D eigenvalue weighted by Gasteiger charge is -2.24. The van der Waals surface area contributed by atoms with Gasteiger partial charge in [-0.25, -0.2) is 0 Å². The summed E-state index contributed by atoms with van der Waals surface area (Å²) < 4.78 is 5.69. The van der Waals surface area contributed by atoms with E-state index in [2.05, 4.69) is 10.6 Å². The topological polar surface area (TPSA) is 70.6 Å². The minimum atomic E-state index is -0.0553. The molecular weight excluding hydrogens is 244 g/mol. The van der Waals surface area contributed by atoms with Crippen molar-refractivity contribution in [2.24, 2.45) is 5.41 Å². The van der Waals surface area contributed by atoms with E-state index in [0.29, 0.717) is 32.1 Å². The molecule has 1 heterocycles. The minimum Gasteiger partial charge on any atom is -0.396 e. The van der Waals surface area contributed by atoms with Crippen molar-refractivity contribution in [1.82, 2.24) is 10.6 Å². The number of carbonyl (C=O) groups excluding carboxylic acids is 1. The zero-order valence-electron chi connectivity index (χ0n) is 12.2. The Labute approximate surface area is 116 Å².